The average molecular weight is 309 g/mol. The zero-order chi connectivity index (χ0) is 15.9. The number of rotatable bonds is 3. The predicted octanol–water partition coefficient (Wildman–Crippen LogP) is 0.859. The average Bonchev–Trinajstić information content (AvgIpc) is 3.04. The Morgan fingerprint density at radius 3 is 2.77 bits per heavy atom. The van der Waals surface area contributed by atoms with Crippen LogP contribution in [0.4, 0.5) is 9.18 Å². The molecule has 1 fully saturated rings. The molecule has 1 amide bonds. The summed E-state index contributed by atoms with van der Waals surface area (Å²) in [6, 6.07) is 3.76. The van der Waals surface area contributed by atoms with Crippen molar-refractivity contribution >= 4 is 17.1 Å². The lowest BCUT2D eigenvalue weighted by Crippen LogP contribution is -2.31. The summed E-state index contributed by atoms with van der Waals surface area (Å²) in [7, 11) is 0. The monoisotopic (exact) mass is 309 g/mol. The molecule has 1 aromatic carbocycles. The van der Waals surface area contributed by atoms with E-state index in [-0.39, 0.29) is 31.4 Å². The van der Waals surface area contributed by atoms with Crippen molar-refractivity contribution in [2.75, 3.05) is 19.7 Å². The van der Waals surface area contributed by atoms with Gasteiger partial charge in [0.15, 0.2) is 0 Å². The molecule has 0 saturated carbocycles. The van der Waals surface area contributed by atoms with Crippen molar-refractivity contribution in [3.05, 3.63) is 34.5 Å². The smallest absolute Gasteiger partial charge is 0.407 e. The number of benzene rings is 1. The van der Waals surface area contributed by atoms with Gasteiger partial charge < -0.3 is 15.1 Å². The summed E-state index contributed by atoms with van der Waals surface area (Å²) in [6.07, 6.45) is -0.484. The SMILES string of the molecule is O=C(O)N1CCC(n2c(=O)n(CCO)c3cc(F)ccc32)C1. The van der Waals surface area contributed by atoms with E-state index < -0.39 is 11.9 Å². The van der Waals surface area contributed by atoms with Gasteiger partial charge in [-0.1, -0.05) is 0 Å². The first-order chi connectivity index (χ1) is 10.5. The van der Waals surface area contributed by atoms with Crippen LogP contribution in [0.15, 0.2) is 23.0 Å². The molecule has 1 aliphatic heterocycles. The maximum atomic E-state index is 13.5. The lowest BCUT2D eigenvalue weighted by atomic mass is 10.2. The molecule has 22 heavy (non-hydrogen) atoms. The first kappa shape index (κ1) is 14.6. The number of imidazole rings is 1. The van der Waals surface area contributed by atoms with Crippen molar-refractivity contribution < 1.29 is 19.4 Å². The molecule has 1 aromatic heterocycles. The van der Waals surface area contributed by atoms with Crippen LogP contribution in [0, 0.1) is 5.82 Å². The van der Waals surface area contributed by atoms with Gasteiger partial charge in [0.2, 0.25) is 0 Å². The van der Waals surface area contributed by atoms with Crippen LogP contribution in [0.25, 0.3) is 11.0 Å². The summed E-state index contributed by atoms with van der Waals surface area (Å²) in [5.41, 5.74) is 0.608. The standard InChI is InChI=1S/C14H16FN3O4/c15-9-1-2-11-12(7-9)17(5-6-19)13(20)18(11)10-3-4-16(8-10)14(21)22/h1-2,7,10,19H,3-6,8H2,(H,21,22). The second kappa shape index (κ2) is 5.45. The van der Waals surface area contributed by atoms with Crippen LogP contribution in [-0.2, 0) is 6.54 Å². The van der Waals surface area contributed by atoms with E-state index in [1.807, 2.05) is 0 Å². The Balaban J connectivity index is 2.12. The molecule has 118 valence electrons. The van der Waals surface area contributed by atoms with Crippen LogP contribution in [0.3, 0.4) is 0 Å². The van der Waals surface area contributed by atoms with Gasteiger partial charge in [0.05, 0.1) is 30.2 Å². The number of aromatic nitrogens is 2. The number of likely N-dealkylation sites (tertiary alicyclic amines) is 1. The summed E-state index contributed by atoms with van der Waals surface area (Å²) in [5, 5.41) is 18.2. The Hall–Kier alpha value is -2.35. The van der Waals surface area contributed by atoms with Crippen LogP contribution in [0.2, 0.25) is 0 Å². The largest absolute Gasteiger partial charge is 0.465 e. The predicted molar refractivity (Wildman–Crippen MR) is 76.5 cm³/mol. The Morgan fingerprint density at radius 1 is 1.36 bits per heavy atom. The normalized spacial score (nSPS) is 18.3. The van der Waals surface area contributed by atoms with E-state index in [0.29, 0.717) is 24.0 Å². The third-order valence-corrected chi connectivity index (χ3v) is 4.05. The highest BCUT2D eigenvalue weighted by atomic mass is 19.1. The molecule has 8 heteroatoms. The number of fused-ring (bicyclic) bond motifs is 1. The van der Waals surface area contributed by atoms with Gasteiger partial charge in [0.1, 0.15) is 5.82 Å². The maximum Gasteiger partial charge on any atom is 0.407 e. The molecule has 2 N–H and O–H groups in total. The van der Waals surface area contributed by atoms with Crippen molar-refractivity contribution in [2.24, 2.45) is 0 Å². The van der Waals surface area contributed by atoms with E-state index in [1.54, 1.807) is 0 Å². The molecule has 0 spiro atoms. The van der Waals surface area contributed by atoms with Gasteiger partial charge in [-0.15, -0.1) is 0 Å². The first-order valence-electron chi connectivity index (χ1n) is 7.02. The van der Waals surface area contributed by atoms with Crippen molar-refractivity contribution in [3.8, 4) is 0 Å². The van der Waals surface area contributed by atoms with Gasteiger partial charge in [-0.2, -0.15) is 0 Å². The van der Waals surface area contributed by atoms with E-state index in [2.05, 4.69) is 0 Å². The van der Waals surface area contributed by atoms with Crippen LogP contribution >= 0.6 is 0 Å². The molecule has 7 nitrogen and oxygen atoms in total. The summed E-state index contributed by atoms with van der Waals surface area (Å²) >= 11 is 0. The van der Waals surface area contributed by atoms with Crippen LogP contribution in [0.5, 0.6) is 0 Å². The van der Waals surface area contributed by atoms with E-state index in [0.717, 1.165) is 0 Å². The highest BCUT2D eigenvalue weighted by Gasteiger charge is 2.30. The number of nitrogens with zero attached hydrogens (tertiary/aromatic N) is 3. The number of hydrogen-bond acceptors (Lipinski definition) is 3. The Labute approximate surface area is 124 Å². The molecule has 1 atom stereocenters. The van der Waals surface area contributed by atoms with Crippen molar-refractivity contribution in [3.63, 3.8) is 0 Å². The number of aliphatic hydroxyl groups excluding tert-OH is 1. The van der Waals surface area contributed by atoms with Gasteiger partial charge in [-0.3, -0.25) is 9.13 Å². The van der Waals surface area contributed by atoms with E-state index in [4.69, 9.17) is 10.2 Å². The van der Waals surface area contributed by atoms with Gasteiger partial charge in [0, 0.05) is 13.1 Å². The Bertz CT molecular complexity index is 782. The fourth-order valence-corrected chi connectivity index (χ4v) is 3.05. The minimum absolute atomic E-state index is 0.0706. The quantitative estimate of drug-likeness (QED) is 0.880. The molecular weight excluding hydrogens is 293 g/mol. The first-order valence-corrected chi connectivity index (χ1v) is 7.02. The van der Waals surface area contributed by atoms with Crippen molar-refractivity contribution in [1.82, 2.24) is 14.0 Å². The zero-order valence-electron chi connectivity index (χ0n) is 11.8. The number of carboxylic acid groups (broad SMARTS) is 1. The Kier molecular flexibility index (Phi) is 3.61. The van der Waals surface area contributed by atoms with Crippen LogP contribution in [0.1, 0.15) is 12.5 Å². The fourth-order valence-electron chi connectivity index (χ4n) is 3.05. The maximum absolute atomic E-state index is 13.5. The summed E-state index contributed by atoms with van der Waals surface area (Å²) in [4.78, 5) is 24.9. The molecule has 2 heterocycles. The lowest BCUT2D eigenvalue weighted by Gasteiger charge is -2.13. The third kappa shape index (κ3) is 2.25. The van der Waals surface area contributed by atoms with E-state index in [9.17, 15) is 14.0 Å². The van der Waals surface area contributed by atoms with Crippen LogP contribution < -0.4 is 5.69 Å². The molecule has 2 aromatic rings. The van der Waals surface area contributed by atoms with Gasteiger partial charge in [-0.25, -0.2) is 14.0 Å². The van der Waals surface area contributed by atoms with Gasteiger partial charge >= 0.3 is 11.8 Å². The van der Waals surface area contributed by atoms with Gasteiger partial charge in [-0.05, 0) is 24.6 Å². The third-order valence-electron chi connectivity index (χ3n) is 4.05. The van der Waals surface area contributed by atoms with E-state index >= 15 is 0 Å². The number of hydrogen-bond donors (Lipinski definition) is 2. The van der Waals surface area contributed by atoms with Crippen LogP contribution in [-0.4, -0.2) is 50.0 Å². The second-order valence-electron chi connectivity index (χ2n) is 5.33. The number of aliphatic hydroxyl groups is 1. The summed E-state index contributed by atoms with van der Waals surface area (Å²) in [5.74, 6) is -0.463. The molecule has 3 rings (SSSR count). The molecule has 0 radical (unpaired) electrons. The van der Waals surface area contributed by atoms with Crippen molar-refractivity contribution in [2.45, 2.75) is 19.0 Å². The summed E-state index contributed by atoms with van der Waals surface area (Å²) in [6.45, 7) is 0.424. The molecule has 1 aliphatic rings. The molecular formula is C14H16FN3O4. The molecule has 0 bridgehead atoms. The fraction of sp³-hybridized carbons (Fsp3) is 0.429. The lowest BCUT2D eigenvalue weighted by molar-refractivity contribution is 0.154. The van der Waals surface area contributed by atoms with E-state index in [1.165, 1.54) is 32.2 Å². The topological polar surface area (TPSA) is 87.7 Å². The number of carbonyl (C=O) groups is 1. The minimum atomic E-state index is -1.01. The molecule has 1 saturated heterocycles. The number of halogens is 1. The van der Waals surface area contributed by atoms with Gasteiger partial charge in [0.25, 0.3) is 0 Å². The highest BCUT2D eigenvalue weighted by Crippen LogP contribution is 2.25. The van der Waals surface area contributed by atoms with Crippen molar-refractivity contribution in [1.29, 1.82) is 0 Å². The second-order valence-corrected chi connectivity index (χ2v) is 5.33. The molecule has 0 aliphatic carbocycles. The number of amides is 1. The Morgan fingerprint density at radius 2 is 2.14 bits per heavy atom. The highest BCUT2D eigenvalue weighted by molar-refractivity contribution is 5.76. The zero-order valence-corrected chi connectivity index (χ0v) is 11.8. The molecule has 1 unspecified atom stereocenters. The minimum Gasteiger partial charge on any atom is -0.465 e. The summed E-state index contributed by atoms with van der Waals surface area (Å²) < 4.78 is 16.3.